The summed E-state index contributed by atoms with van der Waals surface area (Å²) >= 11 is 0. The van der Waals surface area contributed by atoms with E-state index in [1.54, 1.807) is 23.1 Å². The Labute approximate surface area is 225 Å². The fraction of sp³-hybridized carbons (Fsp3) is 0.538. The number of piperazine rings is 1. The fourth-order valence-corrected chi connectivity index (χ4v) is 4.68. The van der Waals surface area contributed by atoms with Crippen molar-refractivity contribution in [2.75, 3.05) is 69.4 Å². The number of ether oxygens (including phenoxy) is 3. The molecular weight excluding hydrogens is 512 g/mol. The number of hydrogen-bond donors (Lipinski definition) is 0. The van der Waals surface area contributed by atoms with Crippen molar-refractivity contribution < 1.29 is 27.8 Å². The number of methoxy groups -OCH3 is 1. The summed E-state index contributed by atoms with van der Waals surface area (Å²) < 4.78 is 46.2. The number of carbonyl (C=O) groups excluding carboxylic acids is 1. The van der Waals surface area contributed by atoms with Crippen LogP contribution in [0.5, 0.6) is 5.75 Å². The predicted molar refractivity (Wildman–Crippen MR) is 141 cm³/mol. The average Bonchev–Trinajstić information content (AvgIpc) is 3.33. The van der Waals surface area contributed by atoms with Gasteiger partial charge in [-0.1, -0.05) is 6.07 Å². The minimum Gasteiger partial charge on any atom is -0.494 e. The lowest BCUT2D eigenvalue weighted by Crippen LogP contribution is -2.50. The zero-order valence-corrected chi connectivity index (χ0v) is 22.6. The Bertz CT molecular complexity index is 1330. The van der Waals surface area contributed by atoms with E-state index in [-0.39, 0.29) is 12.0 Å². The van der Waals surface area contributed by atoms with Crippen molar-refractivity contribution >= 4 is 28.8 Å². The number of hydrogen-bond acceptors (Lipinski definition) is 9. The molecule has 1 aromatic carbocycles. The number of imidazole rings is 1. The van der Waals surface area contributed by atoms with Gasteiger partial charge in [-0.25, -0.2) is 18.6 Å². The highest BCUT2D eigenvalue weighted by atomic mass is 19.3. The van der Waals surface area contributed by atoms with Crippen molar-refractivity contribution in [3.8, 4) is 11.7 Å². The zero-order chi connectivity index (χ0) is 27.7. The first-order chi connectivity index (χ1) is 18.6. The Kier molecular flexibility index (Phi) is 7.43. The monoisotopic (exact) mass is 545 g/mol. The molecule has 0 radical (unpaired) electrons. The van der Waals surface area contributed by atoms with Gasteiger partial charge in [-0.05, 0) is 32.9 Å². The van der Waals surface area contributed by atoms with Crippen LogP contribution in [0.1, 0.15) is 33.0 Å². The number of aromatic nitrogens is 4. The summed E-state index contributed by atoms with van der Waals surface area (Å²) in [6, 6.07) is 6.95. The summed E-state index contributed by atoms with van der Waals surface area (Å²) in [5.41, 5.74) is 0.147. The minimum atomic E-state index is -2.86. The molecule has 1 amide bonds. The number of morpholine rings is 1. The van der Waals surface area contributed by atoms with E-state index in [9.17, 15) is 13.6 Å². The summed E-state index contributed by atoms with van der Waals surface area (Å²) in [6.07, 6.45) is -3.22. The molecule has 2 fully saturated rings. The second-order valence-electron chi connectivity index (χ2n) is 10.4. The lowest BCUT2D eigenvalue weighted by atomic mass is 10.2. The number of amides is 1. The first kappa shape index (κ1) is 26.9. The standard InChI is InChI=1S/C26H33F2N7O4/c1-26(2,3)39-25(36)34-10-8-32(9-11-34)19-16-20(33-12-14-38-15-13-33)30-24(29-19)35-17-6-5-7-18(37-4)21(17)31-23(35)22(27)28/h5-7,16,22H,8-15H2,1-4H3. The number of anilines is 2. The van der Waals surface area contributed by atoms with Crippen molar-refractivity contribution in [3.63, 3.8) is 0 Å². The van der Waals surface area contributed by atoms with E-state index in [0.717, 1.165) is 0 Å². The van der Waals surface area contributed by atoms with Gasteiger partial charge >= 0.3 is 6.09 Å². The van der Waals surface area contributed by atoms with Crippen LogP contribution in [0.2, 0.25) is 0 Å². The van der Waals surface area contributed by atoms with Crippen LogP contribution in [0, 0.1) is 0 Å². The highest BCUT2D eigenvalue weighted by molar-refractivity contribution is 5.84. The SMILES string of the molecule is COc1cccc2c1nc(C(F)F)n2-c1nc(N2CCOCC2)cc(N2CCN(C(=O)OC(C)(C)C)CC2)n1. The van der Waals surface area contributed by atoms with Gasteiger partial charge in [0.2, 0.25) is 5.95 Å². The smallest absolute Gasteiger partial charge is 0.410 e. The number of halogens is 2. The maximum Gasteiger partial charge on any atom is 0.410 e. The van der Waals surface area contributed by atoms with Crippen molar-refractivity contribution in [2.24, 2.45) is 0 Å². The minimum absolute atomic E-state index is 0.0922. The van der Waals surface area contributed by atoms with Gasteiger partial charge in [-0.3, -0.25) is 4.57 Å². The second kappa shape index (κ2) is 10.8. The number of rotatable bonds is 5. The van der Waals surface area contributed by atoms with Gasteiger partial charge in [0, 0.05) is 45.3 Å². The van der Waals surface area contributed by atoms with Gasteiger partial charge < -0.3 is 28.9 Å². The lowest BCUT2D eigenvalue weighted by molar-refractivity contribution is 0.0240. The zero-order valence-electron chi connectivity index (χ0n) is 22.6. The summed E-state index contributed by atoms with van der Waals surface area (Å²) in [5, 5.41) is 0. The largest absolute Gasteiger partial charge is 0.494 e. The molecule has 0 saturated carbocycles. The number of alkyl halides is 2. The van der Waals surface area contributed by atoms with E-state index in [1.165, 1.54) is 11.7 Å². The third-order valence-electron chi connectivity index (χ3n) is 6.57. The third-order valence-corrected chi connectivity index (χ3v) is 6.57. The number of carbonyl (C=O) groups is 1. The van der Waals surface area contributed by atoms with Gasteiger partial charge in [0.1, 0.15) is 28.5 Å². The molecule has 39 heavy (non-hydrogen) atoms. The van der Waals surface area contributed by atoms with Crippen LogP contribution in [-0.4, -0.2) is 95.7 Å². The van der Waals surface area contributed by atoms with E-state index in [2.05, 4.69) is 9.88 Å². The van der Waals surface area contributed by atoms with Crippen molar-refractivity contribution in [2.45, 2.75) is 32.8 Å². The first-order valence-electron chi connectivity index (χ1n) is 12.9. The molecule has 0 bridgehead atoms. The number of nitrogens with zero attached hydrogens (tertiary/aromatic N) is 7. The molecule has 0 spiro atoms. The fourth-order valence-electron chi connectivity index (χ4n) is 4.68. The number of para-hydroxylation sites is 1. The topological polar surface area (TPSA) is 98.1 Å². The molecule has 13 heteroatoms. The normalized spacial score (nSPS) is 16.7. The Morgan fingerprint density at radius 3 is 2.21 bits per heavy atom. The van der Waals surface area contributed by atoms with Crippen LogP contribution in [-0.2, 0) is 9.47 Å². The maximum atomic E-state index is 14.3. The Morgan fingerprint density at radius 2 is 1.62 bits per heavy atom. The summed E-state index contributed by atoms with van der Waals surface area (Å²) in [6.45, 7) is 9.68. The summed E-state index contributed by atoms with van der Waals surface area (Å²) in [7, 11) is 1.47. The number of fused-ring (bicyclic) bond motifs is 1. The van der Waals surface area contributed by atoms with Crippen LogP contribution in [0.15, 0.2) is 24.3 Å². The average molecular weight is 546 g/mol. The molecule has 0 N–H and O–H groups in total. The predicted octanol–water partition coefficient (Wildman–Crippen LogP) is 3.66. The Morgan fingerprint density at radius 1 is 0.974 bits per heavy atom. The molecule has 2 aromatic heterocycles. The third kappa shape index (κ3) is 5.68. The second-order valence-corrected chi connectivity index (χ2v) is 10.4. The van der Waals surface area contributed by atoms with Crippen LogP contribution in [0.25, 0.3) is 17.0 Å². The molecule has 210 valence electrons. The van der Waals surface area contributed by atoms with Crippen LogP contribution in [0.4, 0.5) is 25.2 Å². The van der Waals surface area contributed by atoms with Crippen LogP contribution < -0.4 is 14.5 Å². The Hall–Kier alpha value is -3.74. The quantitative estimate of drug-likeness (QED) is 0.476. The highest BCUT2D eigenvalue weighted by Gasteiger charge is 2.29. The summed E-state index contributed by atoms with van der Waals surface area (Å²) in [5.74, 6) is 1.20. The van der Waals surface area contributed by atoms with Gasteiger partial charge in [0.05, 0.1) is 25.8 Å². The van der Waals surface area contributed by atoms with Crippen LogP contribution >= 0.6 is 0 Å². The molecule has 2 aliphatic rings. The van der Waals surface area contributed by atoms with E-state index in [1.807, 2.05) is 31.7 Å². The molecule has 5 rings (SSSR count). The number of benzene rings is 1. The molecule has 11 nitrogen and oxygen atoms in total. The lowest BCUT2D eigenvalue weighted by Gasteiger charge is -2.36. The first-order valence-corrected chi connectivity index (χ1v) is 12.9. The highest BCUT2D eigenvalue weighted by Crippen LogP contribution is 2.33. The van der Waals surface area contributed by atoms with E-state index in [4.69, 9.17) is 24.2 Å². The maximum absolute atomic E-state index is 14.3. The molecular formula is C26H33F2N7O4. The molecule has 2 saturated heterocycles. The Balaban J connectivity index is 1.53. The summed E-state index contributed by atoms with van der Waals surface area (Å²) in [4.78, 5) is 32.0. The van der Waals surface area contributed by atoms with Gasteiger partial charge in [-0.15, -0.1) is 0 Å². The van der Waals surface area contributed by atoms with E-state index < -0.39 is 17.9 Å². The van der Waals surface area contributed by atoms with Gasteiger partial charge in [0.15, 0.2) is 5.82 Å². The molecule has 0 aliphatic carbocycles. The van der Waals surface area contributed by atoms with Crippen molar-refractivity contribution in [1.82, 2.24) is 24.4 Å². The van der Waals surface area contributed by atoms with Gasteiger partial charge in [-0.2, -0.15) is 9.97 Å². The molecule has 3 aromatic rings. The molecule has 0 atom stereocenters. The van der Waals surface area contributed by atoms with Crippen LogP contribution in [0.3, 0.4) is 0 Å². The van der Waals surface area contributed by atoms with Gasteiger partial charge in [0.25, 0.3) is 6.43 Å². The van der Waals surface area contributed by atoms with E-state index >= 15 is 0 Å². The van der Waals surface area contributed by atoms with Crippen molar-refractivity contribution in [3.05, 3.63) is 30.1 Å². The molecule has 0 unspecified atom stereocenters. The van der Waals surface area contributed by atoms with Crippen molar-refractivity contribution in [1.29, 1.82) is 0 Å². The molecule has 2 aliphatic heterocycles. The molecule has 4 heterocycles. The van der Waals surface area contributed by atoms with E-state index in [0.29, 0.717) is 80.9 Å².